The van der Waals surface area contributed by atoms with Gasteiger partial charge in [-0.15, -0.1) is 12.4 Å². The molecule has 3 amide bonds. The van der Waals surface area contributed by atoms with Crippen LogP contribution in [-0.4, -0.2) is 48.4 Å². The van der Waals surface area contributed by atoms with Gasteiger partial charge in [-0.2, -0.15) is 0 Å². The second kappa shape index (κ2) is 9.12. The smallest absolute Gasteiger partial charge is 0.255 e. The minimum atomic E-state index is -0.571. The molecule has 1 aromatic carbocycles. The zero-order chi connectivity index (χ0) is 17.8. The summed E-state index contributed by atoms with van der Waals surface area (Å²) in [5, 5.41) is 2.32. The van der Waals surface area contributed by atoms with Gasteiger partial charge < -0.3 is 15.4 Å². The predicted octanol–water partition coefficient (Wildman–Crippen LogP) is 0.777. The van der Waals surface area contributed by atoms with E-state index in [4.69, 9.17) is 10.5 Å². The van der Waals surface area contributed by atoms with Crippen molar-refractivity contribution in [2.24, 2.45) is 5.73 Å². The number of hydrogen-bond acceptors (Lipinski definition) is 5. The molecule has 26 heavy (non-hydrogen) atoms. The number of carbonyl (C=O) groups is 3. The topological polar surface area (TPSA) is 102 Å². The maximum absolute atomic E-state index is 12.7. The van der Waals surface area contributed by atoms with Gasteiger partial charge in [-0.05, 0) is 36.5 Å². The number of piperidine rings is 1. The maximum Gasteiger partial charge on any atom is 0.255 e. The lowest BCUT2D eigenvalue weighted by atomic mass is 10.00. The van der Waals surface area contributed by atoms with Crippen molar-refractivity contribution >= 4 is 30.1 Å². The summed E-state index contributed by atoms with van der Waals surface area (Å²) in [5.74, 6) is -0.788. The van der Waals surface area contributed by atoms with Crippen molar-refractivity contribution in [2.45, 2.75) is 38.3 Å². The molecule has 0 saturated carbocycles. The van der Waals surface area contributed by atoms with Crippen LogP contribution in [-0.2, 0) is 27.3 Å². The van der Waals surface area contributed by atoms with Crippen LogP contribution in [0.25, 0.3) is 0 Å². The molecule has 2 heterocycles. The summed E-state index contributed by atoms with van der Waals surface area (Å²) < 4.78 is 5.40. The summed E-state index contributed by atoms with van der Waals surface area (Å²) in [5.41, 5.74) is 8.14. The normalized spacial score (nSPS) is 19.2. The summed E-state index contributed by atoms with van der Waals surface area (Å²) in [6.45, 7) is 2.11. The van der Waals surface area contributed by atoms with Gasteiger partial charge in [-0.3, -0.25) is 19.7 Å². The Hall–Kier alpha value is -1.96. The SMILES string of the molecule is Cl.NCCOCCCc1cccc2c1CN(C1CCC(=O)NC1=O)C2=O. The molecule has 8 heteroatoms. The largest absolute Gasteiger partial charge is 0.380 e. The van der Waals surface area contributed by atoms with Crippen molar-refractivity contribution in [2.75, 3.05) is 19.8 Å². The van der Waals surface area contributed by atoms with Crippen LogP contribution in [0.4, 0.5) is 0 Å². The van der Waals surface area contributed by atoms with E-state index in [1.54, 1.807) is 11.0 Å². The lowest BCUT2D eigenvalue weighted by molar-refractivity contribution is -0.136. The van der Waals surface area contributed by atoms with E-state index >= 15 is 0 Å². The standard InChI is InChI=1S/C18H23N3O4.ClH/c19-8-10-25-9-2-4-12-3-1-5-13-14(12)11-21(18(13)24)15-6-7-16(22)20-17(15)23;/h1,3,5,15H,2,4,6-11,19H2,(H,20,22,23);1H. The van der Waals surface area contributed by atoms with Gasteiger partial charge in [-0.1, -0.05) is 12.1 Å². The highest BCUT2D eigenvalue weighted by Gasteiger charge is 2.39. The van der Waals surface area contributed by atoms with Gasteiger partial charge in [0.25, 0.3) is 5.91 Å². The highest BCUT2D eigenvalue weighted by Crippen LogP contribution is 2.30. The number of aryl methyl sites for hydroxylation is 1. The molecule has 1 aromatic rings. The van der Waals surface area contributed by atoms with Crippen LogP contribution in [0, 0.1) is 0 Å². The van der Waals surface area contributed by atoms with Crippen LogP contribution in [0.1, 0.15) is 40.7 Å². The van der Waals surface area contributed by atoms with E-state index in [2.05, 4.69) is 5.32 Å². The average molecular weight is 382 g/mol. The molecule has 3 rings (SSSR count). The first kappa shape index (κ1) is 20.4. The van der Waals surface area contributed by atoms with E-state index in [-0.39, 0.29) is 36.5 Å². The molecule has 1 atom stereocenters. The summed E-state index contributed by atoms with van der Waals surface area (Å²) in [7, 11) is 0. The van der Waals surface area contributed by atoms with Crippen LogP contribution in [0.5, 0.6) is 0 Å². The Bertz CT molecular complexity index is 695. The van der Waals surface area contributed by atoms with E-state index in [0.29, 0.717) is 38.3 Å². The fraction of sp³-hybridized carbons (Fsp3) is 0.500. The molecular weight excluding hydrogens is 358 g/mol. The highest BCUT2D eigenvalue weighted by molar-refractivity contribution is 6.05. The molecule has 0 aromatic heterocycles. The third kappa shape index (κ3) is 4.23. The van der Waals surface area contributed by atoms with Crippen molar-refractivity contribution in [1.82, 2.24) is 10.2 Å². The van der Waals surface area contributed by atoms with Gasteiger partial charge >= 0.3 is 0 Å². The maximum atomic E-state index is 12.7. The number of benzene rings is 1. The van der Waals surface area contributed by atoms with Crippen molar-refractivity contribution in [3.8, 4) is 0 Å². The number of halogens is 1. The minimum absolute atomic E-state index is 0. The molecule has 2 aliphatic rings. The number of imide groups is 1. The highest BCUT2D eigenvalue weighted by atomic mass is 35.5. The number of ether oxygens (including phenoxy) is 1. The van der Waals surface area contributed by atoms with Crippen molar-refractivity contribution in [3.05, 3.63) is 34.9 Å². The van der Waals surface area contributed by atoms with E-state index in [1.165, 1.54) is 0 Å². The Kier molecular flexibility index (Phi) is 7.14. The van der Waals surface area contributed by atoms with Crippen LogP contribution in [0.2, 0.25) is 0 Å². The fourth-order valence-corrected chi connectivity index (χ4v) is 3.43. The Labute approximate surface area is 158 Å². The molecule has 7 nitrogen and oxygen atoms in total. The number of rotatable bonds is 7. The number of nitrogens with zero attached hydrogens (tertiary/aromatic N) is 1. The second-order valence-corrected chi connectivity index (χ2v) is 6.35. The third-order valence-electron chi connectivity index (χ3n) is 4.68. The van der Waals surface area contributed by atoms with Crippen LogP contribution in [0.15, 0.2) is 18.2 Å². The zero-order valence-electron chi connectivity index (χ0n) is 14.5. The van der Waals surface area contributed by atoms with Crippen molar-refractivity contribution in [3.63, 3.8) is 0 Å². The number of hydrogen-bond donors (Lipinski definition) is 2. The second-order valence-electron chi connectivity index (χ2n) is 6.35. The number of nitrogens with two attached hydrogens (primary N) is 1. The van der Waals surface area contributed by atoms with E-state index in [1.807, 2.05) is 12.1 Å². The Morgan fingerprint density at radius 1 is 1.23 bits per heavy atom. The molecular formula is C18H24ClN3O4. The van der Waals surface area contributed by atoms with Gasteiger partial charge in [0.15, 0.2) is 0 Å². The molecule has 1 fully saturated rings. The molecule has 1 saturated heterocycles. The molecule has 0 radical (unpaired) electrons. The van der Waals surface area contributed by atoms with Gasteiger partial charge in [0.2, 0.25) is 11.8 Å². The Balaban J connectivity index is 0.00000243. The summed E-state index contributed by atoms with van der Waals surface area (Å²) in [6, 6.07) is 5.13. The quantitative estimate of drug-likeness (QED) is 0.536. The molecule has 2 aliphatic heterocycles. The van der Waals surface area contributed by atoms with Crippen LogP contribution in [0.3, 0.4) is 0 Å². The Morgan fingerprint density at radius 3 is 2.77 bits per heavy atom. The van der Waals surface area contributed by atoms with Gasteiger partial charge in [0, 0.05) is 31.7 Å². The summed E-state index contributed by atoms with van der Waals surface area (Å²) in [4.78, 5) is 37.7. The van der Waals surface area contributed by atoms with E-state index < -0.39 is 6.04 Å². The van der Waals surface area contributed by atoms with Crippen molar-refractivity contribution < 1.29 is 19.1 Å². The monoisotopic (exact) mass is 381 g/mol. The predicted molar refractivity (Wildman–Crippen MR) is 97.9 cm³/mol. The minimum Gasteiger partial charge on any atom is -0.380 e. The third-order valence-corrected chi connectivity index (χ3v) is 4.68. The number of amides is 3. The van der Waals surface area contributed by atoms with Gasteiger partial charge in [0.1, 0.15) is 6.04 Å². The van der Waals surface area contributed by atoms with Gasteiger partial charge in [-0.25, -0.2) is 0 Å². The van der Waals surface area contributed by atoms with Crippen LogP contribution < -0.4 is 11.1 Å². The lowest BCUT2D eigenvalue weighted by Crippen LogP contribution is -2.52. The van der Waals surface area contributed by atoms with Crippen LogP contribution >= 0.6 is 12.4 Å². The van der Waals surface area contributed by atoms with Crippen molar-refractivity contribution in [1.29, 1.82) is 0 Å². The molecule has 0 aliphatic carbocycles. The molecule has 3 N–H and O–H groups in total. The Morgan fingerprint density at radius 2 is 2.04 bits per heavy atom. The van der Waals surface area contributed by atoms with E-state index in [9.17, 15) is 14.4 Å². The number of carbonyl (C=O) groups excluding carboxylic acids is 3. The molecule has 0 spiro atoms. The first-order chi connectivity index (χ1) is 12.1. The first-order valence-electron chi connectivity index (χ1n) is 8.65. The fourth-order valence-electron chi connectivity index (χ4n) is 3.43. The molecule has 142 valence electrons. The molecule has 1 unspecified atom stereocenters. The number of fused-ring (bicyclic) bond motifs is 1. The molecule has 0 bridgehead atoms. The van der Waals surface area contributed by atoms with E-state index in [0.717, 1.165) is 24.0 Å². The summed E-state index contributed by atoms with van der Waals surface area (Å²) in [6.07, 6.45) is 2.31. The zero-order valence-corrected chi connectivity index (χ0v) is 15.3. The van der Waals surface area contributed by atoms with Gasteiger partial charge in [0.05, 0.1) is 6.61 Å². The average Bonchev–Trinajstić information content (AvgIpc) is 2.92. The lowest BCUT2D eigenvalue weighted by Gasteiger charge is -2.29. The number of nitrogens with one attached hydrogen (secondary N) is 1. The summed E-state index contributed by atoms with van der Waals surface area (Å²) >= 11 is 0. The first-order valence-corrected chi connectivity index (χ1v) is 8.65.